The molecular weight excluding hydrogens is 328 g/mol. The maximum atomic E-state index is 12.0. The zero-order valence-electron chi connectivity index (χ0n) is 12.7. The van der Waals surface area contributed by atoms with Gasteiger partial charge in [0.2, 0.25) is 5.91 Å². The highest BCUT2D eigenvalue weighted by molar-refractivity contribution is 7.99. The van der Waals surface area contributed by atoms with Gasteiger partial charge in [0.1, 0.15) is 11.8 Å². The average molecular weight is 342 g/mol. The molecular formula is C15H14N6O2S. The van der Waals surface area contributed by atoms with E-state index in [0.717, 1.165) is 0 Å². The summed E-state index contributed by atoms with van der Waals surface area (Å²) < 4.78 is 0. The molecule has 122 valence electrons. The first-order valence-electron chi connectivity index (χ1n) is 7.03. The summed E-state index contributed by atoms with van der Waals surface area (Å²) in [5.74, 6) is 0.198. The van der Waals surface area contributed by atoms with E-state index in [4.69, 9.17) is 5.73 Å². The Morgan fingerprint density at radius 2 is 2.17 bits per heavy atom. The number of nitrogens with two attached hydrogens (primary N) is 1. The lowest BCUT2D eigenvalue weighted by atomic mass is 10.1. The highest BCUT2D eigenvalue weighted by Gasteiger charge is 2.10. The molecule has 0 saturated carbocycles. The van der Waals surface area contributed by atoms with Crippen LogP contribution in [-0.4, -0.2) is 37.4 Å². The Balaban J connectivity index is 1.63. The zero-order valence-corrected chi connectivity index (χ0v) is 13.6. The molecule has 0 radical (unpaired) electrons. The van der Waals surface area contributed by atoms with E-state index in [2.05, 4.69) is 25.3 Å². The molecule has 2 aromatic heterocycles. The molecule has 9 heteroatoms. The lowest BCUT2D eigenvalue weighted by molar-refractivity contribution is -0.113. The van der Waals surface area contributed by atoms with E-state index in [9.17, 15) is 9.59 Å². The van der Waals surface area contributed by atoms with Crippen LogP contribution >= 0.6 is 11.8 Å². The number of Topliss-reactive ketones (excluding diaryl/α,β-unsaturated/α-hetero) is 1. The van der Waals surface area contributed by atoms with Crippen LogP contribution in [-0.2, 0) is 4.79 Å². The molecule has 3 aromatic rings. The number of amides is 1. The van der Waals surface area contributed by atoms with E-state index in [1.807, 2.05) is 0 Å². The SMILES string of the molecule is CC(=O)c1cccc(NC(=O)CSc2nc3ncnc(N)c3[nH]2)c1. The number of hydrogen-bond acceptors (Lipinski definition) is 7. The van der Waals surface area contributed by atoms with Gasteiger partial charge in [0.25, 0.3) is 0 Å². The highest BCUT2D eigenvalue weighted by Crippen LogP contribution is 2.21. The molecule has 0 fully saturated rings. The quantitative estimate of drug-likeness (QED) is 0.477. The molecule has 0 unspecified atom stereocenters. The number of H-pyrrole nitrogens is 1. The van der Waals surface area contributed by atoms with Crippen LogP contribution in [0, 0.1) is 0 Å². The van der Waals surface area contributed by atoms with Crippen molar-refractivity contribution in [3.05, 3.63) is 36.2 Å². The first-order chi connectivity index (χ1) is 11.5. The number of fused-ring (bicyclic) bond motifs is 1. The summed E-state index contributed by atoms with van der Waals surface area (Å²) in [6.45, 7) is 1.48. The third kappa shape index (κ3) is 3.51. The van der Waals surface area contributed by atoms with Crippen molar-refractivity contribution in [1.29, 1.82) is 0 Å². The second-order valence-corrected chi connectivity index (χ2v) is 5.94. The fourth-order valence-electron chi connectivity index (χ4n) is 2.04. The number of carbonyl (C=O) groups excluding carboxylic acids is 2. The maximum absolute atomic E-state index is 12.0. The Morgan fingerprint density at radius 1 is 1.33 bits per heavy atom. The fraction of sp³-hybridized carbons (Fsp3) is 0.133. The Labute approximate surface area is 141 Å². The average Bonchev–Trinajstić information content (AvgIpc) is 2.98. The number of aromatic amines is 1. The molecule has 2 heterocycles. The van der Waals surface area contributed by atoms with Crippen molar-refractivity contribution in [1.82, 2.24) is 19.9 Å². The molecule has 1 amide bonds. The number of hydrogen-bond donors (Lipinski definition) is 3. The number of anilines is 2. The molecule has 0 aliphatic heterocycles. The minimum Gasteiger partial charge on any atom is -0.382 e. The van der Waals surface area contributed by atoms with Crippen LogP contribution in [0.4, 0.5) is 11.5 Å². The fourth-order valence-corrected chi connectivity index (χ4v) is 2.71. The number of rotatable bonds is 5. The summed E-state index contributed by atoms with van der Waals surface area (Å²) in [5.41, 5.74) is 7.86. The van der Waals surface area contributed by atoms with Crippen molar-refractivity contribution in [2.75, 3.05) is 16.8 Å². The van der Waals surface area contributed by atoms with E-state index in [1.54, 1.807) is 24.3 Å². The van der Waals surface area contributed by atoms with Gasteiger partial charge >= 0.3 is 0 Å². The van der Waals surface area contributed by atoms with Gasteiger partial charge in [0.05, 0.1) is 5.75 Å². The van der Waals surface area contributed by atoms with Crippen molar-refractivity contribution >= 4 is 46.1 Å². The van der Waals surface area contributed by atoms with Crippen molar-refractivity contribution in [3.63, 3.8) is 0 Å². The van der Waals surface area contributed by atoms with Crippen LogP contribution in [0.25, 0.3) is 11.2 Å². The molecule has 8 nitrogen and oxygen atoms in total. The van der Waals surface area contributed by atoms with Crippen LogP contribution < -0.4 is 11.1 Å². The number of ketones is 1. The minimum atomic E-state index is -0.208. The van der Waals surface area contributed by atoms with Gasteiger partial charge in [-0.25, -0.2) is 15.0 Å². The number of benzene rings is 1. The molecule has 0 spiro atoms. The summed E-state index contributed by atoms with van der Waals surface area (Å²) in [6, 6.07) is 6.79. The van der Waals surface area contributed by atoms with Crippen LogP contribution in [0.2, 0.25) is 0 Å². The summed E-state index contributed by atoms with van der Waals surface area (Å²) in [4.78, 5) is 38.5. The molecule has 0 bridgehead atoms. The third-order valence-electron chi connectivity index (χ3n) is 3.19. The van der Waals surface area contributed by atoms with Crippen molar-refractivity contribution < 1.29 is 9.59 Å². The van der Waals surface area contributed by atoms with E-state index in [-0.39, 0.29) is 17.4 Å². The Kier molecular flexibility index (Phi) is 4.43. The largest absolute Gasteiger partial charge is 0.382 e. The third-order valence-corrected chi connectivity index (χ3v) is 4.06. The minimum absolute atomic E-state index is 0.0542. The number of thioether (sulfide) groups is 1. The van der Waals surface area contributed by atoms with Gasteiger partial charge in [-0.1, -0.05) is 23.9 Å². The van der Waals surface area contributed by atoms with E-state index >= 15 is 0 Å². The van der Waals surface area contributed by atoms with Gasteiger partial charge in [-0.05, 0) is 19.1 Å². The maximum Gasteiger partial charge on any atom is 0.234 e. The predicted octanol–water partition coefficient (Wildman–Crippen LogP) is 1.87. The summed E-state index contributed by atoms with van der Waals surface area (Å²) >= 11 is 1.22. The molecule has 0 saturated heterocycles. The topological polar surface area (TPSA) is 127 Å². The Bertz CT molecular complexity index is 923. The van der Waals surface area contributed by atoms with Crippen LogP contribution in [0.5, 0.6) is 0 Å². The highest BCUT2D eigenvalue weighted by atomic mass is 32.2. The first-order valence-corrected chi connectivity index (χ1v) is 8.01. The van der Waals surface area contributed by atoms with E-state index in [1.165, 1.54) is 25.0 Å². The molecule has 0 atom stereocenters. The lowest BCUT2D eigenvalue weighted by Crippen LogP contribution is -2.14. The summed E-state index contributed by atoms with van der Waals surface area (Å²) in [7, 11) is 0. The number of carbonyl (C=O) groups is 2. The van der Waals surface area contributed by atoms with Gasteiger partial charge < -0.3 is 16.0 Å². The number of nitrogen functional groups attached to an aromatic ring is 1. The van der Waals surface area contributed by atoms with Crippen LogP contribution in [0.1, 0.15) is 17.3 Å². The second-order valence-electron chi connectivity index (χ2n) is 4.97. The second kappa shape index (κ2) is 6.67. The molecule has 0 aliphatic rings. The van der Waals surface area contributed by atoms with Gasteiger partial charge in [-0.3, -0.25) is 9.59 Å². The number of imidazole rings is 1. The monoisotopic (exact) mass is 342 g/mol. The standard InChI is InChI=1S/C15H14N6O2S/c1-8(22)9-3-2-4-10(5-9)19-11(23)6-24-15-20-12-13(16)17-7-18-14(12)21-15/h2-5,7H,6H2,1H3,(H,19,23)(H3,16,17,18,20,21). The molecule has 0 aliphatic carbocycles. The Morgan fingerprint density at radius 3 is 2.92 bits per heavy atom. The Hall–Kier alpha value is -2.94. The molecule has 3 rings (SSSR count). The van der Waals surface area contributed by atoms with Gasteiger partial charge in [-0.2, -0.15) is 0 Å². The molecule has 4 N–H and O–H groups in total. The van der Waals surface area contributed by atoms with E-state index < -0.39 is 0 Å². The first kappa shape index (κ1) is 15.9. The van der Waals surface area contributed by atoms with Crippen molar-refractivity contribution in [2.24, 2.45) is 0 Å². The van der Waals surface area contributed by atoms with Crippen LogP contribution in [0.3, 0.4) is 0 Å². The number of nitrogens with one attached hydrogen (secondary N) is 2. The zero-order chi connectivity index (χ0) is 17.1. The van der Waals surface area contributed by atoms with Crippen molar-refractivity contribution in [3.8, 4) is 0 Å². The number of nitrogens with zero attached hydrogens (tertiary/aromatic N) is 3. The predicted molar refractivity (Wildman–Crippen MR) is 91.9 cm³/mol. The summed E-state index contributed by atoms with van der Waals surface area (Å²) in [6.07, 6.45) is 1.33. The van der Waals surface area contributed by atoms with Gasteiger partial charge in [0, 0.05) is 11.3 Å². The van der Waals surface area contributed by atoms with Gasteiger partial charge in [-0.15, -0.1) is 0 Å². The summed E-state index contributed by atoms with van der Waals surface area (Å²) in [5, 5.41) is 3.28. The normalized spacial score (nSPS) is 10.7. The van der Waals surface area contributed by atoms with Crippen molar-refractivity contribution in [2.45, 2.75) is 12.1 Å². The van der Waals surface area contributed by atoms with Gasteiger partial charge in [0.15, 0.2) is 22.4 Å². The molecule has 1 aromatic carbocycles. The smallest absolute Gasteiger partial charge is 0.234 e. The lowest BCUT2D eigenvalue weighted by Gasteiger charge is -2.05. The van der Waals surface area contributed by atoms with Crippen LogP contribution in [0.15, 0.2) is 35.7 Å². The van der Waals surface area contributed by atoms with E-state index in [0.29, 0.717) is 33.4 Å². The molecule has 24 heavy (non-hydrogen) atoms. The number of aromatic nitrogens is 4.